The van der Waals surface area contributed by atoms with Gasteiger partial charge in [0.1, 0.15) is 18.2 Å². The first-order valence-electron chi connectivity index (χ1n) is 13.1. The number of rotatable bonds is 11. The molecule has 0 saturated carbocycles. The van der Waals surface area contributed by atoms with Crippen LogP contribution in [0, 0.1) is 5.82 Å². The number of anilines is 1. The van der Waals surface area contributed by atoms with Gasteiger partial charge in [-0.15, -0.1) is 0 Å². The van der Waals surface area contributed by atoms with Gasteiger partial charge in [-0.2, -0.15) is 0 Å². The molecule has 1 aliphatic heterocycles. The normalized spacial score (nSPS) is 14.0. The lowest BCUT2D eigenvalue weighted by Gasteiger charge is -2.34. The van der Waals surface area contributed by atoms with E-state index < -0.39 is 28.0 Å². The van der Waals surface area contributed by atoms with Gasteiger partial charge < -0.3 is 25.1 Å². The van der Waals surface area contributed by atoms with Crippen molar-refractivity contribution in [1.29, 1.82) is 0 Å². The second-order valence-corrected chi connectivity index (χ2v) is 11.6. The lowest BCUT2D eigenvalue weighted by Crippen LogP contribution is -2.36. The topological polar surface area (TPSA) is 111 Å². The van der Waals surface area contributed by atoms with Gasteiger partial charge in [0.25, 0.3) is 0 Å². The van der Waals surface area contributed by atoms with Gasteiger partial charge in [0.2, 0.25) is 16.8 Å². The summed E-state index contributed by atoms with van der Waals surface area (Å²) in [6.45, 7) is 0.102. The minimum absolute atomic E-state index is 0.0632. The first kappa shape index (κ1) is 28.4. The molecule has 0 fully saturated rings. The summed E-state index contributed by atoms with van der Waals surface area (Å²) in [7, 11) is -3.97. The Hall–Kier alpha value is -4.12. The molecule has 1 heterocycles. The Morgan fingerprint density at radius 3 is 2.39 bits per heavy atom. The van der Waals surface area contributed by atoms with Crippen molar-refractivity contribution in [1.82, 2.24) is 0 Å². The molecule has 5 rings (SSSR count). The number of aliphatic hydroxyl groups excluding tert-OH is 1. The van der Waals surface area contributed by atoms with Crippen LogP contribution in [0.5, 0.6) is 17.2 Å². The summed E-state index contributed by atoms with van der Waals surface area (Å²) in [5.41, 5.74) is 8.62. The molecular formula is C31H31FN2O6S. The molecule has 0 bridgehead atoms. The van der Waals surface area contributed by atoms with E-state index in [9.17, 15) is 17.9 Å². The van der Waals surface area contributed by atoms with Crippen LogP contribution in [0.25, 0.3) is 0 Å². The summed E-state index contributed by atoms with van der Waals surface area (Å²) in [5.74, 6) is 0.853. The lowest BCUT2D eigenvalue weighted by atomic mass is 9.97. The number of ether oxygens (including phenoxy) is 3. The van der Waals surface area contributed by atoms with Gasteiger partial charge in [0, 0.05) is 12.1 Å². The van der Waals surface area contributed by atoms with Gasteiger partial charge in [0.05, 0.1) is 24.1 Å². The predicted octanol–water partition coefficient (Wildman–Crippen LogP) is 4.88. The number of halogens is 1. The Morgan fingerprint density at radius 1 is 0.951 bits per heavy atom. The Labute approximate surface area is 238 Å². The predicted molar refractivity (Wildman–Crippen MR) is 154 cm³/mol. The number of hydrogen-bond acceptors (Lipinski definition) is 7. The van der Waals surface area contributed by atoms with E-state index in [1.165, 1.54) is 16.4 Å². The monoisotopic (exact) mass is 578 g/mol. The highest BCUT2D eigenvalue weighted by molar-refractivity contribution is 7.92. The molecule has 0 saturated heterocycles. The molecule has 0 amide bonds. The van der Waals surface area contributed by atoms with Crippen LogP contribution in [-0.2, 0) is 23.1 Å². The fraction of sp³-hybridized carbons (Fsp3) is 0.226. The van der Waals surface area contributed by atoms with E-state index in [1.807, 2.05) is 30.3 Å². The molecule has 8 nitrogen and oxygen atoms in total. The summed E-state index contributed by atoms with van der Waals surface area (Å²) in [4.78, 5) is 0. The minimum atomic E-state index is -3.97. The fourth-order valence-corrected chi connectivity index (χ4v) is 6.03. The van der Waals surface area contributed by atoms with Crippen molar-refractivity contribution in [2.75, 3.05) is 23.9 Å². The molecule has 0 aliphatic carbocycles. The van der Waals surface area contributed by atoms with E-state index in [0.29, 0.717) is 28.2 Å². The van der Waals surface area contributed by atoms with E-state index in [2.05, 4.69) is 0 Å². The molecule has 2 atom stereocenters. The molecule has 4 aromatic carbocycles. The van der Waals surface area contributed by atoms with Crippen molar-refractivity contribution >= 4 is 15.7 Å². The molecular weight excluding hydrogens is 547 g/mol. The summed E-state index contributed by atoms with van der Waals surface area (Å²) in [5, 5.41) is 10.8. The summed E-state index contributed by atoms with van der Waals surface area (Å²) in [6, 6.07) is 24.8. The first-order chi connectivity index (χ1) is 19.7. The molecule has 0 aromatic heterocycles. The number of aliphatic hydroxyl groups is 1. The fourth-order valence-electron chi connectivity index (χ4n) is 4.87. The van der Waals surface area contributed by atoms with E-state index in [0.717, 1.165) is 11.8 Å². The summed E-state index contributed by atoms with van der Waals surface area (Å²) >= 11 is 0. The Morgan fingerprint density at radius 2 is 1.68 bits per heavy atom. The van der Waals surface area contributed by atoms with Crippen molar-refractivity contribution in [2.45, 2.75) is 25.2 Å². The van der Waals surface area contributed by atoms with Gasteiger partial charge in [-0.1, -0.05) is 60.7 Å². The second kappa shape index (κ2) is 12.2. The molecule has 214 valence electrons. The number of nitrogens with two attached hydrogens (primary N) is 1. The van der Waals surface area contributed by atoms with Gasteiger partial charge >= 0.3 is 0 Å². The number of benzene rings is 4. The third-order valence-electron chi connectivity index (χ3n) is 6.83. The average Bonchev–Trinajstić information content (AvgIpc) is 3.44. The largest absolute Gasteiger partial charge is 0.486 e. The maximum Gasteiger partial charge on any atom is 0.232 e. The zero-order valence-corrected chi connectivity index (χ0v) is 23.3. The highest BCUT2D eigenvalue weighted by atomic mass is 32.2. The number of para-hydroxylation sites is 1. The Kier molecular flexibility index (Phi) is 8.44. The molecule has 0 radical (unpaired) electrons. The van der Waals surface area contributed by atoms with Crippen molar-refractivity contribution in [3.63, 3.8) is 0 Å². The van der Waals surface area contributed by atoms with Crippen molar-refractivity contribution in [3.05, 3.63) is 119 Å². The van der Waals surface area contributed by atoms with Crippen LogP contribution >= 0.6 is 0 Å². The Bertz CT molecular complexity index is 1600. The highest BCUT2D eigenvalue weighted by Gasteiger charge is 2.33. The van der Waals surface area contributed by atoms with E-state index in [-0.39, 0.29) is 37.8 Å². The average molecular weight is 579 g/mol. The zero-order chi connectivity index (χ0) is 29.0. The van der Waals surface area contributed by atoms with Crippen LogP contribution in [0.4, 0.5) is 10.1 Å². The molecule has 10 heteroatoms. The standard InChI is InChI=1S/C31H31FN2O6S/c1-41(36,37)34(26-9-5-8-25(28(35)18-33)31(26)38-19-22-6-3-2-4-7-22)27(16-21-10-13-24(32)14-11-21)23-12-15-29-30(17-23)40-20-39-29/h2-15,17,27-28,35H,16,18-20,33H2,1H3. The van der Waals surface area contributed by atoms with Crippen molar-refractivity contribution in [2.24, 2.45) is 5.73 Å². The van der Waals surface area contributed by atoms with E-state index >= 15 is 0 Å². The maximum absolute atomic E-state index is 13.8. The molecule has 4 aromatic rings. The van der Waals surface area contributed by atoms with Crippen LogP contribution in [0.1, 0.15) is 34.4 Å². The third-order valence-corrected chi connectivity index (χ3v) is 8.00. The van der Waals surface area contributed by atoms with Crippen molar-refractivity contribution < 1.29 is 32.1 Å². The second-order valence-electron chi connectivity index (χ2n) is 9.74. The van der Waals surface area contributed by atoms with Gasteiger partial charge in [0.15, 0.2) is 11.5 Å². The van der Waals surface area contributed by atoms with E-state index in [1.54, 1.807) is 48.5 Å². The van der Waals surface area contributed by atoms with Gasteiger partial charge in [-0.05, 0) is 53.4 Å². The molecule has 1 aliphatic rings. The number of nitrogens with zero attached hydrogens (tertiary/aromatic N) is 1. The highest BCUT2D eigenvalue weighted by Crippen LogP contribution is 2.44. The van der Waals surface area contributed by atoms with Gasteiger partial charge in [-0.25, -0.2) is 12.8 Å². The van der Waals surface area contributed by atoms with Gasteiger partial charge in [-0.3, -0.25) is 4.31 Å². The SMILES string of the molecule is CS(=O)(=O)N(c1cccc(C(O)CN)c1OCc1ccccc1)C(Cc1ccc(F)cc1)c1ccc2c(c1)OCO2. The van der Waals surface area contributed by atoms with Crippen LogP contribution in [-0.4, -0.2) is 33.1 Å². The summed E-state index contributed by atoms with van der Waals surface area (Å²) in [6.07, 6.45) is 0.225. The smallest absolute Gasteiger partial charge is 0.232 e. The number of hydrogen-bond donors (Lipinski definition) is 2. The van der Waals surface area contributed by atoms with E-state index in [4.69, 9.17) is 19.9 Å². The van der Waals surface area contributed by atoms with Crippen molar-refractivity contribution in [3.8, 4) is 17.2 Å². The molecule has 0 spiro atoms. The molecule has 3 N–H and O–H groups in total. The van der Waals surface area contributed by atoms with Crippen LogP contribution < -0.4 is 24.2 Å². The Balaban J connectivity index is 1.67. The summed E-state index contributed by atoms with van der Waals surface area (Å²) < 4.78 is 59.7. The first-order valence-corrected chi connectivity index (χ1v) is 14.9. The molecule has 2 unspecified atom stereocenters. The quantitative estimate of drug-likeness (QED) is 0.261. The number of fused-ring (bicyclic) bond motifs is 1. The van der Waals surface area contributed by atoms with Crippen LogP contribution in [0.3, 0.4) is 0 Å². The van der Waals surface area contributed by atoms with Crippen LogP contribution in [0.2, 0.25) is 0 Å². The third kappa shape index (κ3) is 6.45. The lowest BCUT2D eigenvalue weighted by molar-refractivity contribution is 0.174. The number of sulfonamides is 1. The van der Waals surface area contributed by atoms with Crippen LogP contribution in [0.15, 0.2) is 91.0 Å². The minimum Gasteiger partial charge on any atom is -0.486 e. The maximum atomic E-state index is 13.8. The zero-order valence-electron chi connectivity index (χ0n) is 22.4. The molecule has 41 heavy (non-hydrogen) atoms.